The molecule has 2 N–H and O–H groups in total. The van der Waals surface area contributed by atoms with Crippen LogP contribution in [0.2, 0.25) is 0 Å². The Labute approximate surface area is 179 Å². The lowest BCUT2D eigenvalue weighted by Crippen LogP contribution is -2.50. The number of piperidine rings is 1. The second-order valence-corrected chi connectivity index (χ2v) is 6.92. The summed E-state index contributed by atoms with van der Waals surface area (Å²) in [5.74, 6) is 0.953. The Bertz CT molecular complexity index is 698. The molecule has 0 bridgehead atoms. The van der Waals surface area contributed by atoms with Crippen LogP contribution in [-0.2, 0) is 29.0 Å². The number of aryl methyl sites for hydroxylation is 2. The summed E-state index contributed by atoms with van der Waals surface area (Å²) in [6, 6.07) is 10.4. The van der Waals surface area contributed by atoms with Crippen molar-refractivity contribution in [1.29, 1.82) is 0 Å². The quantitative estimate of drug-likeness (QED) is 0.677. The highest BCUT2D eigenvalue weighted by Crippen LogP contribution is 2.29. The molecule has 1 saturated heterocycles. The van der Waals surface area contributed by atoms with Crippen molar-refractivity contribution in [1.82, 2.24) is 20.2 Å². The van der Waals surface area contributed by atoms with Crippen LogP contribution >= 0.6 is 24.8 Å². The normalized spacial score (nSPS) is 15.2. The number of amides is 1. The Kier molecular flexibility index (Phi) is 10.5. The van der Waals surface area contributed by atoms with Gasteiger partial charge in [-0.05, 0) is 37.9 Å². The van der Waals surface area contributed by atoms with Crippen LogP contribution < -0.4 is 10.6 Å². The van der Waals surface area contributed by atoms with Gasteiger partial charge in [-0.1, -0.05) is 30.3 Å². The minimum atomic E-state index is -0.429. The molecule has 0 aliphatic carbocycles. The van der Waals surface area contributed by atoms with E-state index in [-0.39, 0.29) is 30.7 Å². The van der Waals surface area contributed by atoms with E-state index >= 15 is 0 Å². The van der Waals surface area contributed by atoms with E-state index in [1.165, 1.54) is 5.56 Å². The molecule has 0 radical (unpaired) electrons. The molecule has 1 amide bonds. The lowest BCUT2D eigenvalue weighted by atomic mass is 9.78. The van der Waals surface area contributed by atoms with Gasteiger partial charge in [0.05, 0.1) is 18.6 Å². The summed E-state index contributed by atoms with van der Waals surface area (Å²) in [6.45, 7) is 3.45. The molecule has 1 aromatic carbocycles. The lowest BCUT2D eigenvalue weighted by Gasteiger charge is -2.35. The number of nitrogens with one attached hydrogen (secondary N) is 2. The number of hydrogen-bond donors (Lipinski definition) is 2. The smallest absolute Gasteiger partial charge is 0.229 e. The van der Waals surface area contributed by atoms with Crippen LogP contribution in [0.5, 0.6) is 0 Å². The number of imidazole rings is 1. The molecule has 6 nitrogen and oxygen atoms in total. The second-order valence-electron chi connectivity index (χ2n) is 6.92. The van der Waals surface area contributed by atoms with Crippen LogP contribution in [0.1, 0.15) is 24.2 Å². The highest BCUT2D eigenvalue weighted by atomic mass is 35.5. The number of hydrogen-bond acceptors (Lipinski definition) is 4. The third kappa shape index (κ3) is 6.21. The zero-order chi connectivity index (χ0) is 18.2. The van der Waals surface area contributed by atoms with Gasteiger partial charge >= 0.3 is 0 Å². The molecule has 156 valence electrons. The molecule has 3 rings (SSSR count). The fraction of sp³-hybridized carbons (Fsp3) is 0.500. The van der Waals surface area contributed by atoms with Crippen molar-refractivity contribution in [3.8, 4) is 0 Å². The maximum absolute atomic E-state index is 12.8. The van der Waals surface area contributed by atoms with Crippen molar-refractivity contribution in [2.24, 2.45) is 5.41 Å². The summed E-state index contributed by atoms with van der Waals surface area (Å²) >= 11 is 0. The third-order valence-corrected chi connectivity index (χ3v) is 5.16. The predicted octanol–water partition coefficient (Wildman–Crippen LogP) is 2.60. The van der Waals surface area contributed by atoms with E-state index in [9.17, 15) is 4.79 Å². The first kappa shape index (κ1) is 24.4. The molecule has 1 aliphatic heterocycles. The number of nitrogens with zero attached hydrogens (tertiary/aromatic N) is 2. The molecule has 0 saturated carbocycles. The van der Waals surface area contributed by atoms with Crippen LogP contribution in [0.3, 0.4) is 0 Å². The molecule has 28 heavy (non-hydrogen) atoms. The summed E-state index contributed by atoms with van der Waals surface area (Å²) in [5.41, 5.74) is 0.867. The summed E-state index contributed by atoms with van der Waals surface area (Å²) in [5, 5.41) is 6.40. The summed E-state index contributed by atoms with van der Waals surface area (Å²) < 4.78 is 7.45. The molecule has 2 heterocycles. The number of methoxy groups -OCH3 is 1. The van der Waals surface area contributed by atoms with Crippen molar-refractivity contribution in [2.45, 2.75) is 32.4 Å². The van der Waals surface area contributed by atoms with Crippen LogP contribution in [-0.4, -0.2) is 42.3 Å². The number of halogens is 2. The average molecular weight is 429 g/mol. The van der Waals surface area contributed by atoms with Crippen molar-refractivity contribution < 1.29 is 9.53 Å². The average Bonchev–Trinajstić information content (AvgIpc) is 3.13. The van der Waals surface area contributed by atoms with Gasteiger partial charge in [-0.2, -0.15) is 0 Å². The molecular weight excluding hydrogens is 399 g/mol. The largest absolute Gasteiger partial charge is 0.384 e. The maximum atomic E-state index is 12.8. The lowest BCUT2D eigenvalue weighted by molar-refractivity contribution is -0.136. The minimum Gasteiger partial charge on any atom is -0.384 e. The molecular formula is C20H30Cl2N4O2. The van der Waals surface area contributed by atoms with Gasteiger partial charge in [0.2, 0.25) is 5.91 Å². The van der Waals surface area contributed by atoms with Crippen LogP contribution in [0.15, 0.2) is 42.7 Å². The van der Waals surface area contributed by atoms with E-state index in [1.807, 2.05) is 12.3 Å². The number of carbonyl (C=O) groups excluding carboxylic acids is 1. The van der Waals surface area contributed by atoms with Crippen LogP contribution in [0, 0.1) is 5.41 Å². The Morgan fingerprint density at radius 1 is 1.25 bits per heavy atom. The maximum Gasteiger partial charge on any atom is 0.229 e. The Morgan fingerprint density at radius 3 is 2.64 bits per heavy atom. The van der Waals surface area contributed by atoms with Gasteiger partial charge in [0, 0.05) is 26.0 Å². The fourth-order valence-electron chi connectivity index (χ4n) is 3.57. The van der Waals surface area contributed by atoms with Gasteiger partial charge in [-0.3, -0.25) is 4.79 Å². The predicted molar refractivity (Wildman–Crippen MR) is 115 cm³/mol. The third-order valence-electron chi connectivity index (χ3n) is 5.16. The topological polar surface area (TPSA) is 68.2 Å². The van der Waals surface area contributed by atoms with Gasteiger partial charge in [0.15, 0.2) is 0 Å². The summed E-state index contributed by atoms with van der Waals surface area (Å²) in [6.07, 6.45) is 6.31. The molecule has 0 unspecified atom stereocenters. The highest BCUT2D eigenvalue weighted by Gasteiger charge is 2.39. The first-order valence-corrected chi connectivity index (χ1v) is 9.25. The molecule has 2 aromatic rings. The van der Waals surface area contributed by atoms with Crippen molar-refractivity contribution >= 4 is 30.7 Å². The first-order valence-electron chi connectivity index (χ1n) is 9.25. The minimum absolute atomic E-state index is 0. The number of ether oxygens (including phenoxy) is 1. The van der Waals surface area contributed by atoms with Crippen molar-refractivity contribution in [2.75, 3.05) is 26.8 Å². The first-order chi connectivity index (χ1) is 12.7. The van der Waals surface area contributed by atoms with E-state index in [1.54, 1.807) is 13.3 Å². The molecule has 1 fully saturated rings. The summed E-state index contributed by atoms with van der Waals surface area (Å²) in [7, 11) is 1.66. The summed E-state index contributed by atoms with van der Waals surface area (Å²) in [4.78, 5) is 17.3. The number of benzene rings is 1. The van der Waals surface area contributed by atoms with E-state index in [4.69, 9.17) is 4.74 Å². The number of rotatable bonds is 8. The van der Waals surface area contributed by atoms with Gasteiger partial charge in [-0.25, -0.2) is 4.98 Å². The van der Waals surface area contributed by atoms with E-state index < -0.39 is 5.41 Å². The Morgan fingerprint density at radius 2 is 1.96 bits per heavy atom. The molecule has 1 aromatic heterocycles. The van der Waals surface area contributed by atoms with Gasteiger partial charge in [0.1, 0.15) is 5.82 Å². The van der Waals surface area contributed by atoms with E-state index in [0.29, 0.717) is 13.2 Å². The Hall–Kier alpha value is -1.60. The zero-order valence-corrected chi connectivity index (χ0v) is 17.9. The van der Waals surface area contributed by atoms with Crippen molar-refractivity contribution in [3.05, 3.63) is 54.1 Å². The SMILES string of the molecule is COCC1(C(=O)NCc2nccn2CCc2ccccc2)CCNCC1.Cl.Cl. The monoisotopic (exact) mass is 428 g/mol. The van der Waals surface area contributed by atoms with Gasteiger partial charge in [0.25, 0.3) is 0 Å². The highest BCUT2D eigenvalue weighted by molar-refractivity contribution is 5.85. The van der Waals surface area contributed by atoms with E-state index in [0.717, 1.165) is 44.7 Å². The van der Waals surface area contributed by atoms with Crippen molar-refractivity contribution in [3.63, 3.8) is 0 Å². The number of carbonyl (C=O) groups is 1. The van der Waals surface area contributed by atoms with Gasteiger partial charge in [-0.15, -0.1) is 24.8 Å². The second kappa shape index (κ2) is 12.1. The zero-order valence-electron chi connectivity index (χ0n) is 16.2. The standard InChI is InChI=1S/C20H28N4O2.2ClH/c1-26-16-20(8-10-21-11-9-20)19(25)23-15-18-22-12-14-24(18)13-7-17-5-3-2-4-6-17;;/h2-6,12,14,21H,7-11,13,15-16H2,1H3,(H,23,25);2*1H. The van der Waals surface area contributed by atoms with E-state index in [2.05, 4.69) is 44.5 Å². The molecule has 8 heteroatoms. The van der Waals surface area contributed by atoms with Crippen LogP contribution in [0.25, 0.3) is 0 Å². The molecule has 0 spiro atoms. The molecule has 0 atom stereocenters. The van der Waals surface area contributed by atoms with Crippen LogP contribution in [0.4, 0.5) is 0 Å². The van der Waals surface area contributed by atoms with Gasteiger partial charge < -0.3 is 19.9 Å². The number of aromatic nitrogens is 2. The Balaban J connectivity index is 0.00000196. The molecule has 1 aliphatic rings. The fourth-order valence-corrected chi connectivity index (χ4v) is 3.57.